The summed E-state index contributed by atoms with van der Waals surface area (Å²) in [7, 11) is 0. The highest BCUT2D eigenvalue weighted by atomic mass is 16.6. The number of carbonyl (C=O) groups is 3. The third-order valence-electron chi connectivity index (χ3n) is 3.64. The molecule has 1 aromatic heterocycles. The number of esters is 1. The summed E-state index contributed by atoms with van der Waals surface area (Å²) in [5.41, 5.74) is -0.989. The number of ether oxygens (including phenoxy) is 2. The van der Waals surface area contributed by atoms with Gasteiger partial charge in [0.05, 0.1) is 18.6 Å². The third kappa shape index (κ3) is 3.06. The summed E-state index contributed by atoms with van der Waals surface area (Å²) in [6.07, 6.45) is 1.39. The van der Waals surface area contributed by atoms with Crippen LogP contribution < -0.4 is 15.4 Å². The summed E-state index contributed by atoms with van der Waals surface area (Å²) in [6, 6.07) is 7.80. The second-order valence-corrected chi connectivity index (χ2v) is 5.45. The molecule has 1 aliphatic heterocycles. The van der Waals surface area contributed by atoms with Crippen LogP contribution in [0.25, 0.3) is 0 Å². The molecule has 2 aromatic rings. The molecule has 0 spiro atoms. The first-order chi connectivity index (χ1) is 11.9. The Labute approximate surface area is 143 Å². The van der Waals surface area contributed by atoms with Gasteiger partial charge >= 0.3 is 5.97 Å². The lowest BCUT2D eigenvalue weighted by molar-refractivity contribution is -0.165. The molecule has 2 N–H and O–H groups in total. The molecular weight excluding hydrogens is 328 g/mol. The first-order valence-electron chi connectivity index (χ1n) is 7.60. The van der Waals surface area contributed by atoms with Gasteiger partial charge in [-0.05, 0) is 38.1 Å². The molecule has 0 saturated heterocycles. The highest BCUT2D eigenvalue weighted by molar-refractivity contribution is 6.14. The van der Waals surface area contributed by atoms with Gasteiger partial charge < -0.3 is 24.5 Å². The lowest BCUT2D eigenvalue weighted by atomic mass is 10.0. The highest BCUT2D eigenvalue weighted by Crippen LogP contribution is 2.36. The minimum atomic E-state index is -1.80. The molecule has 0 radical (unpaired) electrons. The number of benzene rings is 1. The van der Waals surface area contributed by atoms with Crippen LogP contribution >= 0.6 is 0 Å². The largest absolute Gasteiger partial charge is 0.464 e. The van der Waals surface area contributed by atoms with Gasteiger partial charge in [-0.2, -0.15) is 0 Å². The fraction of sp³-hybridized carbons (Fsp3) is 0.235. The number of rotatable bonds is 4. The van der Waals surface area contributed by atoms with Crippen molar-refractivity contribution in [2.75, 3.05) is 17.2 Å². The van der Waals surface area contributed by atoms with Crippen LogP contribution in [-0.4, -0.2) is 30.0 Å². The first-order valence-corrected chi connectivity index (χ1v) is 7.60. The van der Waals surface area contributed by atoms with Crippen molar-refractivity contribution in [1.82, 2.24) is 0 Å². The normalized spacial score (nSPS) is 18.6. The standard InChI is InChI=1S/C17H16N2O6/c1-3-23-16(22)17(2)15(21)19-11-7-6-10(9-13(11)25-17)18-14(20)12-5-4-8-24-12/h4-9H,3H2,1-2H3,(H,18,20)(H,19,21). The van der Waals surface area contributed by atoms with Gasteiger partial charge in [-0.15, -0.1) is 0 Å². The van der Waals surface area contributed by atoms with E-state index in [4.69, 9.17) is 13.9 Å². The van der Waals surface area contributed by atoms with Gasteiger partial charge in [-0.1, -0.05) is 0 Å². The van der Waals surface area contributed by atoms with Crippen molar-refractivity contribution in [1.29, 1.82) is 0 Å². The summed E-state index contributed by atoms with van der Waals surface area (Å²) >= 11 is 0. The van der Waals surface area contributed by atoms with Crippen LogP contribution in [-0.2, 0) is 14.3 Å². The maximum absolute atomic E-state index is 12.2. The summed E-state index contributed by atoms with van der Waals surface area (Å²) in [4.78, 5) is 36.3. The minimum absolute atomic E-state index is 0.122. The number of furan rings is 1. The highest BCUT2D eigenvalue weighted by Gasteiger charge is 2.48. The monoisotopic (exact) mass is 344 g/mol. The summed E-state index contributed by atoms with van der Waals surface area (Å²) in [5, 5.41) is 5.25. The van der Waals surface area contributed by atoms with Gasteiger partial charge in [0.2, 0.25) is 0 Å². The zero-order valence-corrected chi connectivity index (χ0v) is 13.6. The quantitative estimate of drug-likeness (QED) is 0.650. The fourth-order valence-electron chi connectivity index (χ4n) is 2.30. The van der Waals surface area contributed by atoms with E-state index in [1.165, 1.54) is 25.3 Å². The third-order valence-corrected chi connectivity index (χ3v) is 3.64. The Hall–Kier alpha value is -3.29. The average molecular weight is 344 g/mol. The molecule has 8 heteroatoms. The van der Waals surface area contributed by atoms with E-state index < -0.39 is 23.4 Å². The number of carbonyl (C=O) groups excluding carboxylic acids is 3. The van der Waals surface area contributed by atoms with E-state index >= 15 is 0 Å². The molecule has 1 unspecified atom stereocenters. The Morgan fingerprint density at radius 1 is 1.32 bits per heavy atom. The average Bonchev–Trinajstić information content (AvgIpc) is 3.11. The van der Waals surface area contributed by atoms with E-state index in [2.05, 4.69) is 10.6 Å². The Morgan fingerprint density at radius 3 is 2.80 bits per heavy atom. The minimum Gasteiger partial charge on any atom is -0.464 e. The van der Waals surface area contributed by atoms with Crippen molar-refractivity contribution in [3.8, 4) is 5.75 Å². The Kier molecular flexibility index (Phi) is 4.18. The Morgan fingerprint density at radius 2 is 2.12 bits per heavy atom. The van der Waals surface area contributed by atoms with Crippen molar-refractivity contribution in [3.63, 3.8) is 0 Å². The van der Waals surface area contributed by atoms with Gasteiger partial charge in [0, 0.05) is 11.8 Å². The molecule has 3 rings (SSSR count). The van der Waals surface area contributed by atoms with Crippen molar-refractivity contribution in [3.05, 3.63) is 42.4 Å². The van der Waals surface area contributed by atoms with E-state index in [0.717, 1.165) is 0 Å². The molecule has 25 heavy (non-hydrogen) atoms. The van der Waals surface area contributed by atoms with Crippen LogP contribution in [0.5, 0.6) is 5.75 Å². The second-order valence-electron chi connectivity index (χ2n) is 5.45. The van der Waals surface area contributed by atoms with Crippen molar-refractivity contribution >= 4 is 29.2 Å². The van der Waals surface area contributed by atoms with Gasteiger partial charge in [0.25, 0.3) is 17.4 Å². The van der Waals surface area contributed by atoms with Crippen molar-refractivity contribution in [2.24, 2.45) is 0 Å². The Bertz CT molecular complexity index is 830. The van der Waals surface area contributed by atoms with Crippen LogP contribution in [0.2, 0.25) is 0 Å². The van der Waals surface area contributed by atoms with Crippen LogP contribution in [0, 0.1) is 0 Å². The molecule has 0 fully saturated rings. The van der Waals surface area contributed by atoms with Crippen LogP contribution in [0.15, 0.2) is 41.0 Å². The number of nitrogens with one attached hydrogen (secondary N) is 2. The van der Waals surface area contributed by atoms with E-state index in [-0.39, 0.29) is 18.1 Å². The lowest BCUT2D eigenvalue weighted by Gasteiger charge is -2.32. The maximum Gasteiger partial charge on any atom is 0.360 e. The van der Waals surface area contributed by atoms with Gasteiger partial charge in [-0.3, -0.25) is 9.59 Å². The smallest absolute Gasteiger partial charge is 0.360 e. The number of hydrogen-bond donors (Lipinski definition) is 2. The molecule has 1 aliphatic rings. The zero-order chi connectivity index (χ0) is 18.0. The Balaban J connectivity index is 1.84. The summed E-state index contributed by atoms with van der Waals surface area (Å²) in [6.45, 7) is 3.09. The van der Waals surface area contributed by atoms with Gasteiger partial charge in [-0.25, -0.2) is 4.79 Å². The number of fused-ring (bicyclic) bond motifs is 1. The number of hydrogen-bond acceptors (Lipinski definition) is 6. The molecular formula is C17H16N2O6. The van der Waals surface area contributed by atoms with Crippen LogP contribution in [0.4, 0.5) is 11.4 Å². The fourth-order valence-corrected chi connectivity index (χ4v) is 2.30. The molecule has 2 amide bonds. The van der Waals surface area contributed by atoms with Gasteiger partial charge in [0.1, 0.15) is 5.75 Å². The predicted octanol–water partition coefficient (Wildman–Crippen LogP) is 2.18. The number of amides is 2. The maximum atomic E-state index is 12.2. The molecule has 0 bridgehead atoms. The molecule has 8 nitrogen and oxygen atoms in total. The number of anilines is 2. The molecule has 130 valence electrons. The summed E-state index contributed by atoms with van der Waals surface area (Å²) < 4.78 is 15.5. The molecule has 0 saturated carbocycles. The SMILES string of the molecule is CCOC(=O)C1(C)Oc2cc(NC(=O)c3ccco3)ccc2NC1=O. The lowest BCUT2D eigenvalue weighted by Crippen LogP contribution is -2.55. The van der Waals surface area contributed by atoms with Crippen LogP contribution in [0.3, 0.4) is 0 Å². The second kappa shape index (κ2) is 6.31. The summed E-state index contributed by atoms with van der Waals surface area (Å²) in [5.74, 6) is -1.44. The topological polar surface area (TPSA) is 107 Å². The predicted molar refractivity (Wildman–Crippen MR) is 87.4 cm³/mol. The van der Waals surface area contributed by atoms with Crippen LogP contribution in [0.1, 0.15) is 24.4 Å². The van der Waals surface area contributed by atoms with E-state index in [1.807, 2.05) is 0 Å². The zero-order valence-electron chi connectivity index (χ0n) is 13.6. The molecule has 0 aliphatic carbocycles. The van der Waals surface area contributed by atoms with Crippen molar-refractivity contribution in [2.45, 2.75) is 19.4 Å². The van der Waals surface area contributed by atoms with Gasteiger partial charge in [0.15, 0.2) is 5.76 Å². The molecule has 2 heterocycles. The van der Waals surface area contributed by atoms with Crippen molar-refractivity contribution < 1.29 is 28.3 Å². The van der Waals surface area contributed by atoms with E-state index in [0.29, 0.717) is 11.4 Å². The van der Waals surface area contributed by atoms with E-state index in [1.54, 1.807) is 25.1 Å². The first kappa shape index (κ1) is 16.6. The van der Waals surface area contributed by atoms with E-state index in [9.17, 15) is 14.4 Å². The molecule has 1 atom stereocenters. The molecule has 1 aromatic carbocycles.